The van der Waals surface area contributed by atoms with Gasteiger partial charge in [-0.25, -0.2) is 0 Å². The van der Waals surface area contributed by atoms with Crippen LogP contribution in [0.1, 0.15) is 10.4 Å². The zero-order chi connectivity index (χ0) is 12.1. The van der Waals surface area contributed by atoms with E-state index in [1.807, 2.05) is 11.4 Å². The lowest BCUT2D eigenvalue weighted by molar-refractivity contribution is 0.306. The quantitative estimate of drug-likeness (QED) is 0.835. The van der Waals surface area contributed by atoms with Crippen molar-refractivity contribution in [2.75, 3.05) is 6.61 Å². The van der Waals surface area contributed by atoms with Crippen molar-refractivity contribution in [2.45, 2.75) is 6.42 Å². The molecule has 6 heteroatoms. The average Bonchev–Trinajstić information content (AvgIpc) is 2.82. The van der Waals surface area contributed by atoms with Gasteiger partial charge in [0.2, 0.25) is 5.88 Å². The van der Waals surface area contributed by atoms with Gasteiger partial charge in [-0.2, -0.15) is 5.10 Å². The summed E-state index contributed by atoms with van der Waals surface area (Å²) in [7, 11) is 0. The monoisotopic (exact) mass is 265 g/mol. The van der Waals surface area contributed by atoms with Crippen molar-refractivity contribution >= 4 is 28.5 Å². The van der Waals surface area contributed by atoms with Crippen molar-refractivity contribution in [2.24, 2.45) is 5.73 Å². The third kappa shape index (κ3) is 3.21. The summed E-state index contributed by atoms with van der Waals surface area (Å²) in [6.07, 6.45) is 2.38. The summed E-state index contributed by atoms with van der Waals surface area (Å²) in [5.41, 5.74) is 6.19. The molecule has 2 aromatic heterocycles. The Labute approximate surface area is 108 Å². The molecule has 2 aromatic rings. The van der Waals surface area contributed by atoms with E-state index in [0.717, 1.165) is 6.42 Å². The van der Waals surface area contributed by atoms with E-state index in [9.17, 15) is 0 Å². The second-order valence-corrected chi connectivity index (χ2v) is 4.76. The number of aromatic nitrogens is 2. The fourth-order valence-corrected chi connectivity index (χ4v) is 2.16. The minimum absolute atomic E-state index is 0.269. The summed E-state index contributed by atoms with van der Waals surface area (Å²) in [4.78, 5) is 1.54. The molecule has 0 bridgehead atoms. The molecule has 0 saturated carbocycles. The van der Waals surface area contributed by atoms with Crippen LogP contribution >= 0.6 is 23.6 Å². The molecule has 2 heterocycles. The topological polar surface area (TPSA) is 61.0 Å². The summed E-state index contributed by atoms with van der Waals surface area (Å²) in [6.45, 7) is 0.537. The third-order valence-electron chi connectivity index (χ3n) is 2.12. The second kappa shape index (κ2) is 5.70. The van der Waals surface area contributed by atoms with E-state index in [1.165, 1.54) is 4.88 Å². The van der Waals surface area contributed by atoms with Crippen molar-refractivity contribution in [3.05, 3.63) is 40.2 Å². The molecule has 0 saturated heterocycles. The highest BCUT2D eigenvalue weighted by atomic mass is 32.1. The van der Waals surface area contributed by atoms with Gasteiger partial charge in [-0.1, -0.05) is 18.3 Å². The molecule has 0 unspecified atom stereocenters. The van der Waals surface area contributed by atoms with Crippen LogP contribution in [0.25, 0.3) is 0 Å². The molecule has 0 aromatic carbocycles. The van der Waals surface area contributed by atoms with Crippen molar-refractivity contribution in [3.8, 4) is 5.88 Å². The van der Waals surface area contributed by atoms with E-state index in [2.05, 4.69) is 16.3 Å². The smallest absolute Gasteiger partial charge is 0.243 e. The van der Waals surface area contributed by atoms with Crippen LogP contribution in [0.2, 0.25) is 0 Å². The van der Waals surface area contributed by atoms with Gasteiger partial charge in [-0.15, -0.1) is 16.4 Å². The van der Waals surface area contributed by atoms with E-state index in [4.69, 9.17) is 22.7 Å². The highest BCUT2D eigenvalue weighted by molar-refractivity contribution is 7.80. The molecule has 0 aliphatic rings. The van der Waals surface area contributed by atoms with Crippen LogP contribution in [0.5, 0.6) is 5.88 Å². The Morgan fingerprint density at radius 2 is 2.35 bits per heavy atom. The van der Waals surface area contributed by atoms with Crippen LogP contribution in [0.4, 0.5) is 0 Å². The minimum Gasteiger partial charge on any atom is -0.476 e. The first-order valence-corrected chi connectivity index (χ1v) is 6.33. The Morgan fingerprint density at radius 3 is 3.06 bits per heavy atom. The maximum Gasteiger partial charge on any atom is 0.243 e. The van der Waals surface area contributed by atoms with Gasteiger partial charge in [0.15, 0.2) is 0 Å². The summed E-state index contributed by atoms with van der Waals surface area (Å²) >= 11 is 6.61. The van der Waals surface area contributed by atoms with Crippen LogP contribution in [-0.4, -0.2) is 21.8 Å². The highest BCUT2D eigenvalue weighted by Crippen LogP contribution is 2.14. The van der Waals surface area contributed by atoms with Crippen LogP contribution in [-0.2, 0) is 6.42 Å². The molecule has 0 aliphatic carbocycles. The van der Waals surface area contributed by atoms with Gasteiger partial charge >= 0.3 is 0 Å². The maximum atomic E-state index is 5.57. The molecule has 0 atom stereocenters. The van der Waals surface area contributed by atoms with Crippen molar-refractivity contribution in [1.29, 1.82) is 0 Å². The number of rotatable bonds is 5. The summed E-state index contributed by atoms with van der Waals surface area (Å²) in [6, 6.07) is 5.79. The van der Waals surface area contributed by atoms with Gasteiger partial charge in [0, 0.05) is 11.3 Å². The standard InChI is InChI=1S/C11H11N3OS2/c12-10(16)9-3-5-13-14-11(9)15-6-4-8-2-1-7-17-8/h1-3,5,7H,4,6H2,(H2,12,16). The van der Waals surface area contributed by atoms with E-state index in [0.29, 0.717) is 18.1 Å². The Kier molecular flexibility index (Phi) is 4.00. The number of hydrogen-bond donors (Lipinski definition) is 1. The predicted octanol–water partition coefficient (Wildman–Crippen LogP) is 1.79. The van der Waals surface area contributed by atoms with Gasteiger partial charge < -0.3 is 10.5 Å². The zero-order valence-electron chi connectivity index (χ0n) is 9.00. The van der Waals surface area contributed by atoms with Gasteiger partial charge in [0.05, 0.1) is 18.4 Å². The molecular weight excluding hydrogens is 254 g/mol. The Balaban J connectivity index is 1.97. The first-order chi connectivity index (χ1) is 8.27. The molecule has 0 amide bonds. The molecule has 2 rings (SSSR count). The Hall–Kier alpha value is -1.53. The largest absolute Gasteiger partial charge is 0.476 e. The molecule has 0 radical (unpaired) electrons. The predicted molar refractivity (Wildman–Crippen MR) is 71.4 cm³/mol. The number of nitrogens with two attached hydrogens (primary N) is 1. The van der Waals surface area contributed by atoms with Gasteiger partial charge in [0.25, 0.3) is 0 Å². The number of nitrogens with zero attached hydrogens (tertiary/aromatic N) is 2. The fourth-order valence-electron chi connectivity index (χ4n) is 1.32. The van der Waals surface area contributed by atoms with Crippen LogP contribution in [0.3, 0.4) is 0 Å². The van der Waals surface area contributed by atoms with Crippen molar-refractivity contribution in [1.82, 2.24) is 10.2 Å². The van der Waals surface area contributed by atoms with Crippen molar-refractivity contribution in [3.63, 3.8) is 0 Å². The number of ether oxygens (including phenoxy) is 1. The first-order valence-electron chi connectivity index (χ1n) is 5.04. The van der Waals surface area contributed by atoms with E-state index in [-0.39, 0.29) is 4.99 Å². The Morgan fingerprint density at radius 1 is 1.47 bits per heavy atom. The van der Waals surface area contributed by atoms with E-state index >= 15 is 0 Å². The molecular formula is C11H11N3OS2. The molecule has 2 N–H and O–H groups in total. The second-order valence-electron chi connectivity index (χ2n) is 3.29. The van der Waals surface area contributed by atoms with Crippen molar-refractivity contribution < 1.29 is 4.74 Å². The lowest BCUT2D eigenvalue weighted by Crippen LogP contribution is -2.14. The van der Waals surface area contributed by atoms with Gasteiger partial charge in [-0.05, 0) is 17.5 Å². The Bertz CT molecular complexity index is 499. The van der Waals surface area contributed by atoms with Crippen LogP contribution in [0, 0.1) is 0 Å². The molecule has 17 heavy (non-hydrogen) atoms. The molecule has 4 nitrogen and oxygen atoms in total. The number of thiophene rings is 1. The lowest BCUT2D eigenvalue weighted by atomic mass is 10.3. The summed E-state index contributed by atoms with van der Waals surface area (Å²) in [5.74, 6) is 0.400. The fraction of sp³-hybridized carbons (Fsp3) is 0.182. The minimum atomic E-state index is 0.269. The average molecular weight is 265 g/mol. The number of thiocarbonyl (C=S) groups is 1. The van der Waals surface area contributed by atoms with Crippen LogP contribution < -0.4 is 10.5 Å². The first kappa shape index (κ1) is 11.9. The van der Waals surface area contributed by atoms with E-state index in [1.54, 1.807) is 23.6 Å². The van der Waals surface area contributed by atoms with Gasteiger partial charge in [-0.3, -0.25) is 0 Å². The number of hydrogen-bond acceptors (Lipinski definition) is 5. The highest BCUT2D eigenvalue weighted by Gasteiger charge is 2.07. The normalized spacial score (nSPS) is 10.1. The maximum absolute atomic E-state index is 5.57. The summed E-state index contributed by atoms with van der Waals surface area (Å²) < 4.78 is 5.54. The molecule has 0 fully saturated rings. The zero-order valence-corrected chi connectivity index (χ0v) is 10.6. The van der Waals surface area contributed by atoms with Crippen LogP contribution in [0.15, 0.2) is 29.8 Å². The molecule has 88 valence electrons. The summed E-state index contributed by atoms with van der Waals surface area (Å²) in [5, 5.41) is 9.68. The van der Waals surface area contributed by atoms with Gasteiger partial charge in [0.1, 0.15) is 4.99 Å². The molecule has 0 spiro atoms. The molecule has 0 aliphatic heterocycles. The SMILES string of the molecule is NC(=S)c1ccnnc1OCCc1cccs1. The third-order valence-corrected chi connectivity index (χ3v) is 3.28. The lowest BCUT2D eigenvalue weighted by Gasteiger charge is -2.07. The van der Waals surface area contributed by atoms with E-state index < -0.39 is 0 Å².